The van der Waals surface area contributed by atoms with Gasteiger partial charge in [0.15, 0.2) is 23.1 Å². The van der Waals surface area contributed by atoms with Crippen LogP contribution in [0.5, 0.6) is 11.5 Å². The Bertz CT molecular complexity index is 810. The fourth-order valence-electron chi connectivity index (χ4n) is 2.02. The van der Waals surface area contributed by atoms with Crippen molar-refractivity contribution in [2.45, 2.75) is 0 Å². The van der Waals surface area contributed by atoms with Gasteiger partial charge in [0.1, 0.15) is 5.82 Å². The largest absolute Gasteiger partial charge is 0.493 e. The summed E-state index contributed by atoms with van der Waals surface area (Å²) in [6.07, 6.45) is 1.07. The summed E-state index contributed by atoms with van der Waals surface area (Å²) in [5, 5.41) is 9.26. The fourth-order valence-corrected chi connectivity index (χ4v) is 2.02. The van der Waals surface area contributed by atoms with E-state index in [1.54, 1.807) is 12.1 Å². The third-order valence-corrected chi connectivity index (χ3v) is 3.14. The Kier molecular flexibility index (Phi) is 4.91. The molecular weight excluding hydrogens is 307 g/mol. The minimum absolute atomic E-state index is 0.0230. The van der Waals surface area contributed by atoms with Crippen LogP contribution in [-0.2, 0) is 0 Å². The molecular formula is C17H12F3NO2. The van der Waals surface area contributed by atoms with Crippen LogP contribution >= 0.6 is 0 Å². The maximum atomic E-state index is 13.7. The van der Waals surface area contributed by atoms with Gasteiger partial charge in [0.05, 0.1) is 25.9 Å². The van der Waals surface area contributed by atoms with E-state index in [1.807, 2.05) is 6.07 Å². The predicted molar refractivity (Wildman–Crippen MR) is 79.3 cm³/mol. The Balaban J connectivity index is 2.55. The molecule has 2 rings (SSSR count). The second kappa shape index (κ2) is 6.88. The molecule has 0 fully saturated rings. The lowest BCUT2D eigenvalue weighted by Crippen LogP contribution is -1.94. The summed E-state index contributed by atoms with van der Waals surface area (Å²) in [7, 11) is 2.89. The summed E-state index contributed by atoms with van der Waals surface area (Å²) >= 11 is 0. The van der Waals surface area contributed by atoms with Crippen LogP contribution in [0.1, 0.15) is 11.1 Å². The molecule has 0 N–H and O–H groups in total. The van der Waals surface area contributed by atoms with Gasteiger partial charge < -0.3 is 9.47 Å². The van der Waals surface area contributed by atoms with Crippen molar-refractivity contribution in [3.05, 3.63) is 58.9 Å². The molecule has 6 heteroatoms. The first-order valence-corrected chi connectivity index (χ1v) is 6.49. The highest BCUT2D eigenvalue weighted by Crippen LogP contribution is 2.31. The Morgan fingerprint density at radius 2 is 1.74 bits per heavy atom. The van der Waals surface area contributed by atoms with E-state index in [-0.39, 0.29) is 11.1 Å². The van der Waals surface area contributed by atoms with Gasteiger partial charge in [-0.3, -0.25) is 0 Å². The number of nitriles is 1. The van der Waals surface area contributed by atoms with E-state index in [0.29, 0.717) is 23.1 Å². The molecule has 2 aromatic carbocycles. The summed E-state index contributed by atoms with van der Waals surface area (Å²) in [6.45, 7) is 0. The number of rotatable bonds is 4. The number of halogens is 3. The molecule has 0 bridgehead atoms. The van der Waals surface area contributed by atoms with Crippen LogP contribution in [-0.4, -0.2) is 14.2 Å². The zero-order valence-corrected chi connectivity index (χ0v) is 12.4. The van der Waals surface area contributed by atoms with Gasteiger partial charge in [0.25, 0.3) is 0 Å². The molecule has 2 aromatic rings. The molecule has 0 spiro atoms. The number of hydrogen-bond donors (Lipinski definition) is 0. The van der Waals surface area contributed by atoms with Crippen molar-refractivity contribution in [3.63, 3.8) is 0 Å². The first kappa shape index (κ1) is 16.4. The van der Waals surface area contributed by atoms with E-state index in [2.05, 4.69) is 0 Å². The van der Waals surface area contributed by atoms with E-state index in [1.165, 1.54) is 20.3 Å². The van der Waals surface area contributed by atoms with Crippen LogP contribution in [0.2, 0.25) is 0 Å². The molecule has 0 radical (unpaired) electrons. The smallest absolute Gasteiger partial charge is 0.166 e. The molecule has 0 amide bonds. The molecule has 0 aliphatic rings. The second-order valence-electron chi connectivity index (χ2n) is 4.53. The van der Waals surface area contributed by atoms with Crippen LogP contribution in [0.15, 0.2) is 30.3 Å². The third-order valence-electron chi connectivity index (χ3n) is 3.14. The van der Waals surface area contributed by atoms with E-state index >= 15 is 0 Å². The predicted octanol–water partition coefficient (Wildman–Crippen LogP) is 4.19. The average Bonchev–Trinajstić information content (AvgIpc) is 2.56. The number of benzene rings is 2. The van der Waals surface area contributed by atoms with Crippen molar-refractivity contribution >= 4 is 11.6 Å². The van der Waals surface area contributed by atoms with E-state index < -0.39 is 17.5 Å². The van der Waals surface area contributed by atoms with Crippen LogP contribution in [0.4, 0.5) is 13.2 Å². The van der Waals surface area contributed by atoms with Crippen LogP contribution < -0.4 is 9.47 Å². The second-order valence-corrected chi connectivity index (χ2v) is 4.53. The van der Waals surface area contributed by atoms with Crippen LogP contribution in [0.3, 0.4) is 0 Å². The Hall–Kier alpha value is -2.94. The topological polar surface area (TPSA) is 42.2 Å². The van der Waals surface area contributed by atoms with Crippen molar-refractivity contribution in [1.29, 1.82) is 5.26 Å². The molecule has 0 atom stereocenters. The Labute approximate surface area is 131 Å². The Morgan fingerprint density at radius 3 is 2.35 bits per heavy atom. The van der Waals surface area contributed by atoms with E-state index in [9.17, 15) is 18.4 Å². The zero-order valence-electron chi connectivity index (χ0n) is 12.4. The summed E-state index contributed by atoms with van der Waals surface area (Å²) in [6, 6.07) is 7.78. The van der Waals surface area contributed by atoms with Gasteiger partial charge in [0.2, 0.25) is 0 Å². The number of allylic oxidation sites excluding steroid dienone is 1. The minimum Gasteiger partial charge on any atom is -0.493 e. The fraction of sp³-hybridized carbons (Fsp3) is 0.118. The Morgan fingerprint density at radius 1 is 1.04 bits per heavy atom. The molecule has 0 saturated heterocycles. The molecule has 3 nitrogen and oxygen atoms in total. The lowest BCUT2D eigenvalue weighted by molar-refractivity contribution is 0.355. The van der Waals surface area contributed by atoms with Gasteiger partial charge in [-0.25, -0.2) is 13.2 Å². The molecule has 0 saturated carbocycles. The van der Waals surface area contributed by atoms with Gasteiger partial charge in [-0.15, -0.1) is 0 Å². The summed E-state index contributed by atoms with van der Waals surface area (Å²) in [4.78, 5) is 0. The third kappa shape index (κ3) is 3.46. The van der Waals surface area contributed by atoms with Gasteiger partial charge >= 0.3 is 0 Å². The van der Waals surface area contributed by atoms with E-state index in [4.69, 9.17) is 9.47 Å². The van der Waals surface area contributed by atoms with Gasteiger partial charge in [-0.2, -0.15) is 5.26 Å². The number of hydrogen-bond acceptors (Lipinski definition) is 3. The maximum absolute atomic E-state index is 13.7. The number of methoxy groups -OCH3 is 2. The van der Waals surface area contributed by atoms with Crippen molar-refractivity contribution < 1.29 is 22.6 Å². The molecule has 23 heavy (non-hydrogen) atoms. The molecule has 118 valence electrons. The van der Waals surface area contributed by atoms with Crippen molar-refractivity contribution in [1.82, 2.24) is 0 Å². The number of nitrogens with zero attached hydrogens (tertiary/aromatic N) is 1. The van der Waals surface area contributed by atoms with Crippen molar-refractivity contribution in [3.8, 4) is 17.6 Å². The quantitative estimate of drug-likeness (QED) is 0.482. The highest BCUT2D eigenvalue weighted by Gasteiger charge is 2.12. The highest BCUT2D eigenvalue weighted by molar-refractivity contribution is 5.90. The summed E-state index contributed by atoms with van der Waals surface area (Å²) in [5.41, 5.74) is 0.0675. The van der Waals surface area contributed by atoms with Crippen LogP contribution in [0, 0.1) is 28.8 Å². The van der Waals surface area contributed by atoms with Gasteiger partial charge in [-0.1, -0.05) is 0 Å². The minimum atomic E-state index is -1.32. The number of ether oxygens (including phenoxy) is 2. The first-order valence-electron chi connectivity index (χ1n) is 6.49. The summed E-state index contributed by atoms with van der Waals surface area (Å²) < 4.78 is 50.4. The normalized spacial score (nSPS) is 11.0. The lowest BCUT2D eigenvalue weighted by Gasteiger charge is -2.09. The molecule has 0 aromatic heterocycles. The van der Waals surface area contributed by atoms with Crippen LogP contribution in [0.25, 0.3) is 11.6 Å². The SMILES string of the molecule is COc1ccc(C(C#N)=Cc2cc(F)cc(F)c2F)cc1OC. The van der Waals surface area contributed by atoms with E-state index in [0.717, 1.165) is 12.1 Å². The monoisotopic (exact) mass is 319 g/mol. The standard InChI is InChI=1S/C17H12F3NO2/c1-22-15-4-3-10(7-16(15)23-2)12(9-21)5-11-6-13(18)8-14(19)17(11)20/h3-8H,1-2H3. The van der Waals surface area contributed by atoms with Gasteiger partial charge in [0, 0.05) is 11.6 Å². The molecule has 0 heterocycles. The van der Waals surface area contributed by atoms with Crippen molar-refractivity contribution in [2.24, 2.45) is 0 Å². The molecule has 0 aliphatic carbocycles. The average molecular weight is 319 g/mol. The zero-order chi connectivity index (χ0) is 17.0. The lowest BCUT2D eigenvalue weighted by atomic mass is 10.0. The summed E-state index contributed by atoms with van der Waals surface area (Å²) in [5.74, 6) is -2.64. The molecule has 0 unspecified atom stereocenters. The van der Waals surface area contributed by atoms with Crippen molar-refractivity contribution in [2.75, 3.05) is 14.2 Å². The first-order chi connectivity index (χ1) is 11.0. The molecule has 0 aliphatic heterocycles. The van der Waals surface area contributed by atoms with Gasteiger partial charge in [-0.05, 0) is 35.9 Å². The maximum Gasteiger partial charge on any atom is 0.166 e. The highest BCUT2D eigenvalue weighted by atomic mass is 19.2.